The van der Waals surface area contributed by atoms with Crippen LogP contribution in [-0.4, -0.2) is 7.11 Å². The molecule has 4 aromatic rings. The number of alkyl halides is 3. The van der Waals surface area contributed by atoms with Crippen molar-refractivity contribution in [3.05, 3.63) is 109 Å². The summed E-state index contributed by atoms with van der Waals surface area (Å²) in [4.78, 5) is 5.12. The molecule has 162 valence electrons. The van der Waals surface area contributed by atoms with Gasteiger partial charge in [-0.2, -0.15) is 13.2 Å². The van der Waals surface area contributed by atoms with Gasteiger partial charge < -0.3 is 4.74 Å². The Labute approximate surface area is 192 Å². The van der Waals surface area contributed by atoms with E-state index in [9.17, 15) is 13.2 Å². The predicted molar refractivity (Wildman–Crippen MR) is 124 cm³/mol. The van der Waals surface area contributed by atoms with Crippen molar-refractivity contribution in [2.75, 3.05) is 7.11 Å². The number of ether oxygens (including phenoxy) is 1. The number of halogens is 3. The van der Waals surface area contributed by atoms with Gasteiger partial charge in [-0.1, -0.05) is 30.0 Å². The lowest BCUT2D eigenvalue weighted by Crippen LogP contribution is -2.08. The van der Waals surface area contributed by atoms with Gasteiger partial charge in [0, 0.05) is 9.79 Å². The first-order chi connectivity index (χ1) is 15.4. The first-order valence-electron chi connectivity index (χ1n) is 9.82. The largest absolute Gasteiger partial charge is 0.497 e. The fraction of sp³-hybridized carbons (Fsp3) is 0.0769. The van der Waals surface area contributed by atoms with Crippen molar-refractivity contribution in [3.8, 4) is 5.75 Å². The van der Waals surface area contributed by atoms with E-state index in [4.69, 9.17) is 4.74 Å². The van der Waals surface area contributed by atoms with Crippen molar-refractivity contribution in [1.29, 1.82) is 0 Å². The van der Waals surface area contributed by atoms with E-state index in [0.717, 1.165) is 42.4 Å². The summed E-state index contributed by atoms with van der Waals surface area (Å²) >= 11 is 1.67. The van der Waals surface area contributed by atoms with Crippen LogP contribution < -0.4 is 4.74 Å². The van der Waals surface area contributed by atoms with Crippen LogP contribution >= 0.6 is 11.8 Å². The maximum absolute atomic E-state index is 13.1. The Kier molecular flexibility index (Phi) is 6.82. The zero-order chi connectivity index (χ0) is 22.6. The third-order valence-electron chi connectivity index (χ3n) is 4.75. The van der Waals surface area contributed by atoms with Crippen LogP contribution in [0.4, 0.5) is 13.2 Å². The molecule has 0 aromatic heterocycles. The summed E-state index contributed by atoms with van der Waals surface area (Å²) in [5.41, 5.74) is -0.644. The summed E-state index contributed by atoms with van der Waals surface area (Å²) in [5.74, 6) is 0.735. The van der Waals surface area contributed by atoms with E-state index < -0.39 is 22.6 Å². The Bertz CT molecular complexity index is 1140. The van der Waals surface area contributed by atoms with Crippen LogP contribution in [0.25, 0.3) is 0 Å². The molecule has 0 saturated heterocycles. The van der Waals surface area contributed by atoms with Crippen molar-refractivity contribution in [2.24, 2.45) is 0 Å². The van der Waals surface area contributed by atoms with Gasteiger partial charge >= 0.3 is 6.18 Å². The molecule has 0 bridgehead atoms. The van der Waals surface area contributed by atoms with Crippen molar-refractivity contribution < 1.29 is 17.9 Å². The molecule has 4 aromatic carbocycles. The van der Waals surface area contributed by atoms with Gasteiger partial charge in [0.25, 0.3) is 0 Å². The maximum Gasteiger partial charge on any atom is 0.416 e. The van der Waals surface area contributed by atoms with Crippen LogP contribution in [0.1, 0.15) is 5.56 Å². The minimum absolute atomic E-state index is 0.547. The molecule has 0 aliphatic rings. The SMILES string of the molecule is COc1ccc([S+](c2ccc(Sc3ccccc3)cc2)c2ccc(C(F)(F)F)cc2)cc1. The summed E-state index contributed by atoms with van der Waals surface area (Å²) < 4.78 is 44.4. The summed E-state index contributed by atoms with van der Waals surface area (Å²) in [5, 5.41) is 0. The molecule has 32 heavy (non-hydrogen) atoms. The Hall–Kier alpha value is -2.83. The molecule has 0 saturated carbocycles. The van der Waals surface area contributed by atoms with Crippen molar-refractivity contribution in [1.82, 2.24) is 0 Å². The fourth-order valence-corrected chi connectivity index (χ4v) is 6.05. The van der Waals surface area contributed by atoms with Gasteiger partial charge in [-0.3, -0.25) is 0 Å². The summed E-state index contributed by atoms with van der Waals surface area (Å²) in [6.07, 6.45) is -4.35. The fourth-order valence-electron chi connectivity index (χ4n) is 3.17. The topological polar surface area (TPSA) is 9.23 Å². The molecule has 0 spiro atoms. The van der Waals surface area contributed by atoms with Gasteiger partial charge in [0.05, 0.1) is 23.6 Å². The van der Waals surface area contributed by atoms with Crippen LogP contribution in [0, 0.1) is 0 Å². The van der Waals surface area contributed by atoms with E-state index in [0.29, 0.717) is 0 Å². The van der Waals surface area contributed by atoms with Crippen LogP contribution in [0.15, 0.2) is 128 Å². The van der Waals surface area contributed by atoms with E-state index in [1.54, 1.807) is 31.0 Å². The van der Waals surface area contributed by atoms with Crippen LogP contribution in [0.2, 0.25) is 0 Å². The van der Waals surface area contributed by atoms with E-state index in [2.05, 4.69) is 36.4 Å². The third-order valence-corrected chi connectivity index (χ3v) is 8.00. The summed E-state index contributed by atoms with van der Waals surface area (Å²) in [7, 11) is 1.06. The molecule has 4 rings (SSSR count). The zero-order valence-corrected chi connectivity index (χ0v) is 18.8. The van der Waals surface area contributed by atoms with Crippen molar-refractivity contribution >= 4 is 22.7 Å². The van der Waals surface area contributed by atoms with E-state index in [-0.39, 0.29) is 0 Å². The minimum Gasteiger partial charge on any atom is -0.497 e. The van der Waals surface area contributed by atoms with Crippen LogP contribution in [0.3, 0.4) is 0 Å². The van der Waals surface area contributed by atoms with Gasteiger partial charge in [0.1, 0.15) is 5.75 Å². The molecular formula is C26H20F3OS2+. The molecular weight excluding hydrogens is 449 g/mol. The average Bonchev–Trinajstić information content (AvgIpc) is 2.81. The lowest BCUT2D eigenvalue weighted by atomic mass is 10.2. The molecule has 0 aliphatic heterocycles. The highest BCUT2D eigenvalue weighted by molar-refractivity contribution is 7.99. The Balaban J connectivity index is 1.68. The molecule has 6 heteroatoms. The first-order valence-corrected chi connectivity index (χ1v) is 11.9. The highest BCUT2D eigenvalue weighted by Gasteiger charge is 2.33. The van der Waals surface area contributed by atoms with Gasteiger partial charge in [-0.15, -0.1) is 0 Å². The van der Waals surface area contributed by atoms with Crippen LogP contribution in [-0.2, 0) is 17.1 Å². The monoisotopic (exact) mass is 469 g/mol. The minimum atomic E-state index is -4.35. The lowest BCUT2D eigenvalue weighted by molar-refractivity contribution is -0.137. The molecule has 1 atom stereocenters. The first kappa shape index (κ1) is 22.4. The van der Waals surface area contributed by atoms with Crippen molar-refractivity contribution in [2.45, 2.75) is 30.7 Å². The normalized spacial score (nSPS) is 12.4. The second-order valence-electron chi connectivity index (χ2n) is 6.89. The molecule has 1 unspecified atom stereocenters. The molecule has 0 amide bonds. The predicted octanol–water partition coefficient (Wildman–Crippen LogP) is 7.96. The van der Waals surface area contributed by atoms with Gasteiger partial charge in [-0.05, 0) is 84.9 Å². The molecule has 0 aliphatic carbocycles. The quantitative estimate of drug-likeness (QED) is 0.265. The lowest BCUT2D eigenvalue weighted by Gasteiger charge is -2.11. The Morgan fingerprint density at radius 3 is 1.59 bits per heavy atom. The standard InChI is InChI=1S/C26H20F3OS2/c1-30-20-9-15-24(16-10-20)32(23-13-7-19(8-14-23)26(27,28)29)25-17-11-22(12-18-25)31-21-5-3-2-4-6-21/h2-18H,1H3/q+1. The molecule has 0 fully saturated rings. The van der Waals surface area contributed by atoms with Gasteiger partial charge in [-0.25, -0.2) is 0 Å². The summed E-state index contributed by atoms with van der Waals surface area (Å²) in [6.45, 7) is 0. The highest BCUT2D eigenvalue weighted by atomic mass is 32.2. The number of methoxy groups -OCH3 is 1. The summed E-state index contributed by atoms with van der Waals surface area (Å²) in [6, 6.07) is 31.4. The molecule has 0 N–H and O–H groups in total. The maximum atomic E-state index is 13.1. The average molecular weight is 470 g/mol. The Morgan fingerprint density at radius 1 is 0.625 bits per heavy atom. The van der Waals surface area contributed by atoms with E-state index in [1.165, 1.54) is 0 Å². The second kappa shape index (κ2) is 9.76. The number of hydrogen-bond acceptors (Lipinski definition) is 2. The van der Waals surface area contributed by atoms with Gasteiger partial charge in [0.2, 0.25) is 0 Å². The molecule has 0 radical (unpaired) electrons. The molecule has 1 nitrogen and oxygen atoms in total. The van der Waals surface area contributed by atoms with E-state index in [1.807, 2.05) is 42.5 Å². The third kappa shape index (κ3) is 5.31. The number of rotatable bonds is 6. The smallest absolute Gasteiger partial charge is 0.416 e. The van der Waals surface area contributed by atoms with E-state index >= 15 is 0 Å². The molecule has 0 heterocycles. The van der Waals surface area contributed by atoms with Crippen LogP contribution in [0.5, 0.6) is 5.75 Å². The number of benzene rings is 4. The Morgan fingerprint density at radius 2 is 1.09 bits per heavy atom. The number of hydrogen-bond donors (Lipinski definition) is 0. The highest BCUT2D eigenvalue weighted by Crippen LogP contribution is 2.36. The van der Waals surface area contributed by atoms with Crippen molar-refractivity contribution in [3.63, 3.8) is 0 Å². The second-order valence-corrected chi connectivity index (χ2v) is 10.1. The zero-order valence-electron chi connectivity index (χ0n) is 17.2. The van der Waals surface area contributed by atoms with Gasteiger partial charge in [0.15, 0.2) is 14.7 Å².